The van der Waals surface area contributed by atoms with Gasteiger partial charge < -0.3 is 29.8 Å². The van der Waals surface area contributed by atoms with Gasteiger partial charge in [0.2, 0.25) is 17.6 Å². The normalized spacial score (nSPS) is 27.0. The molecule has 1 unspecified atom stereocenters. The Balaban J connectivity index is 1.12. The van der Waals surface area contributed by atoms with Crippen molar-refractivity contribution in [3.63, 3.8) is 0 Å². The summed E-state index contributed by atoms with van der Waals surface area (Å²) in [5.74, 6) is -0.0210. The summed E-state index contributed by atoms with van der Waals surface area (Å²) >= 11 is 0. The molecule has 2 aliphatic heterocycles. The molecular weight excluding hydrogens is 591 g/mol. The fraction of sp³-hybridized carbons (Fsp3) is 0.686. The number of morpholine rings is 1. The van der Waals surface area contributed by atoms with E-state index in [-0.39, 0.29) is 41.9 Å². The Morgan fingerprint density at radius 2 is 1.74 bits per heavy atom. The molecule has 46 heavy (non-hydrogen) atoms. The number of alkyl halides is 1. The SMILES string of the molecule is NC(CF)[C@H]1CC[C@H](C(=O)N2CC[C@@H](C3CCCCC3)[C@H]2C(=O)Nc2ccc3oc(C(=O)OCCN4CCOCC4)cc3c2)CC1. The molecule has 3 heterocycles. The number of nitrogens with two attached hydrogens (primary N) is 1. The van der Waals surface area contributed by atoms with Crippen LogP contribution in [0.2, 0.25) is 0 Å². The number of likely N-dealkylation sites (tertiary alicyclic amines) is 1. The Bertz CT molecular complexity index is 1350. The largest absolute Gasteiger partial charge is 0.458 e. The number of fused-ring (bicyclic) bond motifs is 1. The van der Waals surface area contributed by atoms with Crippen molar-refractivity contribution in [2.45, 2.75) is 76.3 Å². The highest BCUT2D eigenvalue weighted by Gasteiger charge is 2.47. The predicted molar refractivity (Wildman–Crippen MR) is 172 cm³/mol. The minimum Gasteiger partial charge on any atom is -0.458 e. The molecule has 0 bridgehead atoms. The zero-order valence-corrected chi connectivity index (χ0v) is 26.8. The van der Waals surface area contributed by atoms with Crippen LogP contribution in [0.1, 0.15) is 74.8 Å². The number of nitrogens with one attached hydrogen (secondary N) is 1. The molecule has 2 aromatic rings. The van der Waals surface area contributed by atoms with Crippen molar-refractivity contribution in [3.05, 3.63) is 30.0 Å². The average molecular weight is 641 g/mol. The number of hydrogen-bond acceptors (Lipinski definition) is 8. The highest BCUT2D eigenvalue weighted by Crippen LogP contribution is 2.41. The summed E-state index contributed by atoms with van der Waals surface area (Å²) in [7, 11) is 0. The quantitative estimate of drug-likeness (QED) is 0.356. The lowest BCUT2D eigenvalue weighted by molar-refractivity contribution is -0.142. The third kappa shape index (κ3) is 7.58. The zero-order chi connectivity index (χ0) is 32.0. The Morgan fingerprint density at radius 1 is 0.978 bits per heavy atom. The third-order valence-electron chi connectivity index (χ3n) is 10.9. The average Bonchev–Trinajstić information content (AvgIpc) is 3.74. The summed E-state index contributed by atoms with van der Waals surface area (Å²) in [5, 5.41) is 3.79. The van der Waals surface area contributed by atoms with Crippen LogP contribution in [0.5, 0.6) is 0 Å². The molecule has 10 nitrogen and oxygen atoms in total. The van der Waals surface area contributed by atoms with Gasteiger partial charge in [0.15, 0.2) is 0 Å². The lowest BCUT2D eigenvalue weighted by atomic mass is 9.76. The molecule has 3 atom stereocenters. The molecule has 252 valence electrons. The van der Waals surface area contributed by atoms with Crippen molar-refractivity contribution in [3.8, 4) is 0 Å². The van der Waals surface area contributed by atoms with Crippen LogP contribution in [-0.4, -0.2) is 92.3 Å². The summed E-state index contributed by atoms with van der Waals surface area (Å²) in [6.07, 6.45) is 9.42. The summed E-state index contributed by atoms with van der Waals surface area (Å²) in [5.41, 5.74) is 7.08. The number of amides is 2. The molecule has 3 N–H and O–H groups in total. The summed E-state index contributed by atoms with van der Waals surface area (Å²) in [6.45, 7) is 3.97. The molecule has 2 aliphatic carbocycles. The van der Waals surface area contributed by atoms with Crippen LogP contribution in [0.25, 0.3) is 11.0 Å². The van der Waals surface area contributed by atoms with Gasteiger partial charge in [-0.05, 0) is 74.1 Å². The Hall–Kier alpha value is -3.02. The molecule has 1 aromatic carbocycles. The minimum absolute atomic E-state index is 0.0489. The van der Waals surface area contributed by atoms with Crippen LogP contribution < -0.4 is 11.1 Å². The first-order chi connectivity index (χ1) is 22.4. The Kier molecular flexibility index (Phi) is 10.9. The monoisotopic (exact) mass is 640 g/mol. The first-order valence-corrected chi connectivity index (χ1v) is 17.3. The lowest BCUT2D eigenvalue weighted by Crippen LogP contribution is -2.50. The highest BCUT2D eigenvalue weighted by molar-refractivity contribution is 6.00. The van der Waals surface area contributed by atoms with Crippen LogP contribution >= 0.6 is 0 Å². The maximum Gasteiger partial charge on any atom is 0.374 e. The Morgan fingerprint density at radius 3 is 2.48 bits per heavy atom. The molecule has 1 aromatic heterocycles. The number of carbonyl (C=O) groups excluding carboxylic acids is 3. The van der Waals surface area contributed by atoms with Gasteiger partial charge in [-0.15, -0.1) is 0 Å². The molecule has 2 amide bonds. The molecule has 0 radical (unpaired) electrons. The van der Waals surface area contributed by atoms with E-state index in [4.69, 9.17) is 19.6 Å². The molecule has 2 saturated heterocycles. The zero-order valence-electron chi connectivity index (χ0n) is 26.8. The number of esters is 1. The van der Waals surface area contributed by atoms with Gasteiger partial charge in [-0.1, -0.05) is 32.1 Å². The van der Waals surface area contributed by atoms with E-state index in [2.05, 4.69) is 10.2 Å². The maximum atomic E-state index is 14.1. The number of hydrogen-bond donors (Lipinski definition) is 2. The second kappa shape index (κ2) is 15.3. The first-order valence-electron chi connectivity index (χ1n) is 17.3. The second-order valence-electron chi connectivity index (χ2n) is 13.7. The van der Waals surface area contributed by atoms with E-state index in [1.165, 1.54) is 6.42 Å². The molecule has 4 aliphatic rings. The van der Waals surface area contributed by atoms with E-state index in [0.717, 1.165) is 58.0 Å². The van der Waals surface area contributed by atoms with E-state index in [1.54, 1.807) is 24.3 Å². The predicted octanol–water partition coefficient (Wildman–Crippen LogP) is 4.76. The number of anilines is 1. The van der Waals surface area contributed by atoms with Crippen LogP contribution in [0.3, 0.4) is 0 Å². The topological polar surface area (TPSA) is 127 Å². The number of benzene rings is 1. The smallest absolute Gasteiger partial charge is 0.374 e. The standard InChI is InChI=1S/C35H49FN4O6/c36-22-29(37)24-6-8-25(9-7-24)34(42)40-13-12-28(23-4-2-1-3-5-23)32(40)33(41)38-27-10-11-30-26(20-27)21-31(46-30)35(43)45-19-16-39-14-17-44-18-15-39/h10-11,20-21,23-25,28-29,32H,1-9,12-19,22,37H2,(H,38,41)/t24-,25-,28-,29?,32-/m0/s1. The van der Waals surface area contributed by atoms with Crippen molar-refractivity contribution >= 4 is 34.4 Å². The second-order valence-corrected chi connectivity index (χ2v) is 13.7. The fourth-order valence-electron chi connectivity index (χ4n) is 8.21. The van der Waals surface area contributed by atoms with Crippen LogP contribution in [0.4, 0.5) is 10.1 Å². The van der Waals surface area contributed by atoms with Gasteiger partial charge in [0.1, 0.15) is 24.9 Å². The maximum absolute atomic E-state index is 14.1. The highest BCUT2D eigenvalue weighted by atomic mass is 19.1. The number of rotatable bonds is 10. The molecule has 2 saturated carbocycles. The van der Waals surface area contributed by atoms with Gasteiger partial charge >= 0.3 is 5.97 Å². The van der Waals surface area contributed by atoms with Crippen molar-refractivity contribution in [1.82, 2.24) is 9.80 Å². The summed E-state index contributed by atoms with van der Waals surface area (Å²) < 4.78 is 29.7. The van der Waals surface area contributed by atoms with E-state index >= 15 is 0 Å². The van der Waals surface area contributed by atoms with E-state index in [9.17, 15) is 18.8 Å². The van der Waals surface area contributed by atoms with Gasteiger partial charge in [0, 0.05) is 49.2 Å². The van der Waals surface area contributed by atoms with Crippen molar-refractivity contribution < 1.29 is 32.7 Å². The third-order valence-corrected chi connectivity index (χ3v) is 10.9. The van der Waals surface area contributed by atoms with Crippen LogP contribution in [-0.2, 0) is 19.1 Å². The molecule has 4 fully saturated rings. The van der Waals surface area contributed by atoms with Gasteiger partial charge in [-0.3, -0.25) is 14.5 Å². The van der Waals surface area contributed by atoms with Crippen molar-refractivity contribution in [1.29, 1.82) is 0 Å². The number of nitrogens with zero attached hydrogens (tertiary/aromatic N) is 2. The van der Waals surface area contributed by atoms with E-state index in [1.807, 2.05) is 4.90 Å². The van der Waals surface area contributed by atoms with Crippen molar-refractivity contribution in [2.24, 2.45) is 29.4 Å². The van der Waals surface area contributed by atoms with E-state index in [0.29, 0.717) is 61.7 Å². The summed E-state index contributed by atoms with van der Waals surface area (Å²) in [4.78, 5) is 44.7. The van der Waals surface area contributed by atoms with Gasteiger partial charge in [0.25, 0.3) is 0 Å². The van der Waals surface area contributed by atoms with Crippen molar-refractivity contribution in [2.75, 3.05) is 58.0 Å². The first kappa shape index (κ1) is 32.9. The molecule has 6 rings (SSSR count). The molecule has 0 spiro atoms. The van der Waals surface area contributed by atoms with Gasteiger partial charge in [0.05, 0.1) is 13.2 Å². The molecule has 11 heteroatoms. The van der Waals surface area contributed by atoms with Gasteiger partial charge in [-0.25, -0.2) is 9.18 Å². The number of carbonyl (C=O) groups is 3. The lowest BCUT2D eigenvalue weighted by Gasteiger charge is -2.36. The van der Waals surface area contributed by atoms with Crippen LogP contribution in [0, 0.1) is 23.7 Å². The number of ether oxygens (including phenoxy) is 2. The number of halogens is 1. The minimum atomic E-state index is -0.536. The van der Waals surface area contributed by atoms with Crippen LogP contribution in [0.15, 0.2) is 28.7 Å². The van der Waals surface area contributed by atoms with E-state index < -0.39 is 24.7 Å². The summed E-state index contributed by atoms with van der Waals surface area (Å²) in [6, 6.07) is 5.96. The Labute approximate surface area is 270 Å². The van der Waals surface area contributed by atoms with Gasteiger partial charge in [-0.2, -0.15) is 0 Å². The number of furan rings is 1. The fourth-order valence-corrected chi connectivity index (χ4v) is 8.21. The molecular formula is C35H49FN4O6.